The molecule has 0 aliphatic carbocycles. The maximum absolute atomic E-state index is 12.8. The third-order valence-corrected chi connectivity index (χ3v) is 5.36. The fraction of sp³-hybridized carbons (Fsp3) is 0.389. The van der Waals surface area contributed by atoms with Gasteiger partial charge in [0.2, 0.25) is 0 Å². The Morgan fingerprint density at radius 1 is 1.31 bits per heavy atom. The molecule has 0 radical (unpaired) electrons. The molecule has 1 aliphatic rings. The quantitative estimate of drug-likeness (QED) is 0.674. The van der Waals surface area contributed by atoms with E-state index in [0.29, 0.717) is 18.0 Å². The lowest BCUT2D eigenvalue weighted by molar-refractivity contribution is 0.0511. The molecule has 8 heteroatoms. The third-order valence-electron chi connectivity index (χ3n) is 4.01. The van der Waals surface area contributed by atoms with Crippen LogP contribution < -0.4 is 4.18 Å². The number of thiophene rings is 1. The van der Waals surface area contributed by atoms with Crippen LogP contribution in [0.15, 0.2) is 41.8 Å². The molecule has 0 saturated carbocycles. The molecule has 1 atom stereocenters. The molecule has 6 nitrogen and oxygen atoms in total. The average Bonchev–Trinajstić information content (AvgIpc) is 3.27. The van der Waals surface area contributed by atoms with Gasteiger partial charge >= 0.3 is 10.1 Å². The fourth-order valence-electron chi connectivity index (χ4n) is 2.86. The van der Waals surface area contributed by atoms with Gasteiger partial charge in [-0.3, -0.25) is 4.79 Å². The summed E-state index contributed by atoms with van der Waals surface area (Å²) in [4.78, 5) is 15.3. The van der Waals surface area contributed by atoms with Crippen LogP contribution in [-0.4, -0.2) is 44.7 Å². The van der Waals surface area contributed by atoms with E-state index in [2.05, 4.69) is 0 Å². The van der Waals surface area contributed by atoms with E-state index in [1.54, 1.807) is 29.2 Å². The molecule has 2 aromatic rings. The summed E-state index contributed by atoms with van der Waals surface area (Å²) in [5, 5.41) is 1.88. The summed E-state index contributed by atoms with van der Waals surface area (Å²) < 4.78 is 32.9. The number of hydrogen-bond donors (Lipinski definition) is 0. The van der Waals surface area contributed by atoms with Crippen molar-refractivity contribution in [3.8, 4) is 5.75 Å². The van der Waals surface area contributed by atoms with Gasteiger partial charge in [-0.05, 0) is 42.0 Å². The highest BCUT2D eigenvalue weighted by molar-refractivity contribution is 7.86. The van der Waals surface area contributed by atoms with Gasteiger partial charge in [-0.15, -0.1) is 11.3 Å². The van der Waals surface area contributed by atoms with Crippen molar-refractivity contribution in [1.82, 2.24) is 4.90 Å². The van der Waals surface area contributed by atoms with Gasteiger partial charge in [0.1, 0.15) is 5.75 Å². The zero-order valence-electron chi connectivity index (χ0n) is 14.5. The summed E-state index contributed by atoms with van der Waals surface area (Å²) in [6, 6.07) is 10.4. The Labute approximate surface area is 157 Å². The number of carbonyl (C=O) groups excluding carboxylic acids is 1. The highest BCUT2D eigenvalue weighted by Crippen LogP contribution is 2.21. The molecule has 1 aliphatic heterocycles. The van der Waals surface area contributed by atoms with Crippen molar-refractivity contribution in [3.63, 3.8) is 0 Å². The lowest BCUT2D eigenvalue weighted by Gasteiger charge is -2.25. The minimum Gasteiger partial charge on any atom is -0.383 e. The second kappa shape index (κ2) is 8.20. The lowest BCUT2D eigenvalue weighted by atomic mass is 10.1. The first-order chi connectivity index (χ1) is 12.4. The summed E-state index contributed by atoms with van der Waals surface area (Å²) in [5.74, 6) is 0.235. The second-order valence-electron chi connectivity index (χ2n) is 6.23. The van der Waals surface area contributed by atoms with Gasteiger partial charge in [0.15, 0.2) is 0 Å². The van der Waals surface area contributed by atoms with Crippen molar-refractivity contribution in [2.45, 2.75) is 25.5 Å². The van der Waals surface area contributed by atoms with Crippen LogP contribution in [0.4, 0.5) is 0 Å². The number of hydrogen-bond acceptors (Lipinski definition) is 6. The van der Waals surface area contributed by atoms with E-state index in [-0.39, 0.29) is 17.8 Å². The zero-order valence-corrected chi connectivity index (χ0v) is 16.1. The summed E-state index contributed by atoms with van der Waals surface area (Å²) in [5.41, 5.74) is 0.897. The van der Waals surface area contributed by atoms with Gasteiger partial charge in [-0.25, -0.2) is 0 Å². The molecular weight excluding hydrogens is 374 g/mol. The Hall–Kier alpha value is -1.90. The highest BCUT2D eigenvalue weighted by atomic mass is 32.2. The maximum Gasteiger partial charge on any atom is 0.306 e. The molecule has 1 aromatic carbocycles. The van der Waals surface area contributed by atoms with Crippen LogP contribution in [0.2, 0.25) is 0 Å². The van der Waals surface area contributed by atoms with Gasteiger partial charge in [0.25, 0.3) is 5.91 Å². The van der Waals surface area contributed by atoms with Crippen LogP contribution in [-0.2, 0) is 21.4 Å². The van der Waals surface area contributed by atoms with Gasteiger partial charge in [-0.1, -0.05) is 18.2 Å². The van der Waals surface area contributed by atoms with Gasteiger partial charge in [0, 0.05) is 19.7 Å². The SMILES string of the molecule is CS(=O)(=O)Oc1ccc(CN(CC2CCCO2)C(=O)c2cccs2)cc1. The monoisotopic (exact) mass is 395 g/mol. The van der Waals surface area contributed by atoms with Crippen molar-refractivity contribution in [2.75, 3.05) is 19.4 Å². The zero-order chi connectivity index (χ0) is 18.6. The van der Waals surface area contributed by atoms with Crippen LogP contribution in [0.3, 0.4) is 0 Å². The summed E-state index contributed by atoms with van der Waals surface area (Å²) in [6.07, 6.45) is 3.04. The number of carbonyl (C=O) groups is 1. The Kier molecular flexibility index (Phi) is 5.95. The molecule has 0 N–H and O–H groups in total. The van der Waals surface area contributed by atoms with Gasteiger partial charge < -0.3 is 13.8 Å². The number of ether oxygens (including phenoxy) is 1. The summed E-state index contributed by atoms with van der Waals surface area (Å²) in [6.45, 7) is 1.71. The van der Waals surface area contributed by atoms with Crippen molar-refractivity contribution < 1.29 is 22.1 Å². The van der Waals surface area contributed by atoms with Crippen molar-refractivity contribution in [3.05, 3.63) is 52.2 Å². The molecule has 26 heavy (non-hydrogen) atoms. The van der Waals surface area contributed by atoms with E-state index < -0.39 is 10.1 Å². The largest absolute Gasteiger partial charge is 0.383 e. The smallest absolute Gasteiger partial charge is 0.306 e. The first kappa shape index (κ1) is 18.9. The average molecular weight is 396 g/mol. The van der Waals surface area contributed by atoms with E-state index in [1.165, 1.54) is 11.3 Å². The summed E-state index contributed by atoms with van der Waals surface area (Å²) >= 11 is 1.42. The molecular formula is C18H21NO5S2. The Morgan fingerprint density at radius 3 is 2.65 bits per heavy atom. The first-order valence-corrected chi connectivity index (χ1v) is 11.0. The van der Waals surface area contributed by atoms with Crippen LogP contribution in [0.25, 0.3) is 0 Å². The Morgan fingerprint density at radius 2 is 2.08 bits per heavy atom. The second-order valence-corrected chi connectivity index (χ2v) is 8.75. The molecule has 1 fully saturated rings. The van der Waals surface area contributed by atoms with Gasteiger partial charge in [-0.2, -0.15) is 8.42 Å². The molecule has 140 valence electrons. The minimum atomic E-state index is -3.55. The van der Waals surface area contributed by atoms with Crippen LogP contribution in [0.5, 0.6) is 5.75 Å². The lowest BCUT2D eigenvalue weighted by Crippen LogP contribution is -2.36. The maximum atomic E-state index is 12.8. The molecule has 0 bridgehead atoms. The Bertz CT molecular complexity index is 825. The topological polar surface area (TPSA) is 72.9 Å². The van der Waals surface area contributed by atoms with E-state index in [9.17, 15) is 13.2 Å². The number of benzene rings is 1. The van der Waals surface area contributed by atoms with E-state index in [0.717, 1.165) is 31.3 Å². The van der Waals surface area contributed by atoms with Crippen molar-refractivity contribution in [2.24, 2.45) is 0 Å². The number of nitrogens with zero attached hydrogens (tertiary/aromatic N) is 1. The fourth-order valence-corrected chi connectivity index (χ4v) is 4.01. The minimum absolute atomic E-state index is 0.0213. The molecule has 1 saturated heterocycles. The highest BCUT2D eigenvalue weighted by Gasteiger charge is 2.24. The standard InChI is InChI=1S/C18H21NO5S2/c1-26(21,22)24-15-8-6-14(7-9-15)12-19(13-16-4-2-10-23-16)18(20)17-5-3-11-25-17/h3,5-9,11,16H,2,4,10,12-13H2,1H3. The normalized spacial score (nSPS) is 17.2. The number of amides is 1. The van der Waals surface area contributed by atoms with Crippen molar-refractivity contribution in [1.29, 1.82) is 0 Å². The Balaban J connectivity index is 1.73. The van der Waals surface area contributed by atoms with E-state index >= 15 is 0 Å². The third kappa shape index (κ3) is 5.30. The molecule has 0 spiro atoms. The predicted molar refractivity (Wildman–Crippen MR) is 99.9 cm³/mol. The predicted octanol–water partition coefficient (Wildman–Crippen LogP) is 2.91. The van der Waals surface area contributed by atoms with Crippen LogP contribution in [0.1, 0.15) is 28.1 Å². The van der Waals surface area contributed by atoms with Crippen LogP contribution >= 0.6 is 11.3 Å². The van der Waals surface area contributed by atoms with Crippen LogP contribution in [0, 0.1) is 0 Å². The molecule has 1 unspecified atom stereocenters. The van der Waals surface area contributed by atoms with Crippen molar-refractivity contribution >= 4 is 27.4 Å². The van der Waals surface area contributed by atoms with Gasteiger partial charge in [0.05, 0.1) is 17.2 Å². The molecule has 2 heterocycles. The molecule has 3 rings (SSSR count). The summed E-state index contributed by atoms with van der Waals surface area (Å²) in [7, 11) is -3.55. The molecule has 1 amide bonds. The number of rotatable bonds is 7. The van der Waals surface area contributed by atoms with E-state index in [1.807, 2.05) is 17.5 Å². The first-order valence-electron chi connectivity index (χ1n) is 8.33. The molecule has 1 aromatic heterocycles. The van der Waals surface area contributed by atoms with E-state index in [4.69, 9.17) is 8.92 Å².